The maximum absolute atomic E-state index is 13.5. The monoisotopic (exact) mass is 295 g/mol. The van der Waals surface area contributed by atoms with Crippen LogP contribution in [0.1, 0.15) is 25.3 Å². The summed E-state index contributed by atoms with van der Waals surface area (Å²) in [7, 11) is 0. The first-order valence-corrected chi connectivity index (χ1v) is 7.07. The third kappa shape index (κ3) is 3.88. The zero-order valence-corrected chi connectivity index (χ0v) is 11.9. The number of halogens is 2. The van der Waals surface area contributed by atoms with Crippen LogP contribution in [-0.4, -0.2) is 35.1 Å². The van der Waals surface area contributed by atoms with Gasteiger partial charge in [0.2, 0.25) is 0 Å². The molecule has 0 unspecified atom stereocenters. The molecule has 1 fully saturated rings. The van der Waals surface area contributed by atoms with Crippen LogP contribution in [0.15, 0.2) is 24.3 Å². The molecule has 0 spiro atoms. The van der Waals surface area contributed by atoms with E-state index < -0.39 is 17.6 Å². The zero-order valence-electron chi connectivity index (χ0n) is 11.9. The van der Waals surface area contributed by atoms with Gasteiger partial charge in [0.1, 0.15) is 11.6 Å². The van der Waals surface area contributed by atoms with E-state index in [2.05, 4.69) is 4.90 Å². The number of carboxylic acid groups (broad SMARTS) is 1. The number of nitrogens with zero attached hydrogens (tertiary/aromatic N) is 1. The maximum Gasteiger partial charge on any atom is 0.308 e. The summed E-state index contributed by atoms with van der Waals surface area (Å²) < 4.78 is 26.3. The molecule has 1 aromatic carbocycles. The molecule has 0 saturated carbocycles. The highest BCUT2D eigenvalue weighted by atomic mass is 19.1. The molecule has 1 aromatic rings. The average Bonchev–Trinajstić information content (AvgIpc) is 2.42. The van der Waals surface area contributed by atoms with Crippen LogP contribution in [0.5, 0.6) is 0 Å². The Balaban J connectivity index is 1.98. The lowest BCUT2D eigenvalue weighted by Gasteiger charge is -2.36. The first-order chi connectivity index (χ1) is 9.99. The van der Waals surface area contributed by atoms with Crippen molar-refractivity contribution >= 4 is 12.0 Å². The smallest absolute Gasteiger partial charge is 0.308 e. The highest BCUT2D eigenvalue weighted by Crippen LogP contribution is 2.23. The molecular weight excluding hydrogens is 276 g/mol. The van der Waals surface area contributed by atoms with Crippen molar-refractivity contribution in [1.29, 1.82) is 0 Å². The summed E-state index contributed by atoms with van der Waals surface area (Å²) in [6.45, 7) is 3.30. The second-order valence-corrected chi connectivity index (χ2v) is 5.39. The minimum absolute atomic E-state index is 0.0426. The van der Waals surface area contributed by atoms with Crippen molar-refractivity contribution < 1.29 is 18.7 Å². The lowest BCUT2D eigenvalue weighted by Crippen LogP contribution is -2.46. The van der Waals surface area contributed by atoms with E-state index in [1.807, 2.05) is 6.92 Å². The van der Waals surface area contributed by atoms with Crippen LogP contribution in [0.2, 0.25) is 0 Å². The number of piperidine rings is 1. The summed E-state index contributed by atoms with van der Waals surface area (Å²) >= 11 is 0. The number of hydrogen-bond donors (Lipinski definition) is 1. The fourth-order valence-electron chi connectivity index (χ4n) is 2.75. The van der Waals surface area contributed by atoms with Gasteiger partial charge < -0.3 is 5.11 Å². The van der Waals surface area contributed by atoms with Crippen molar-refractivity contribution in [2.75, 3.05) is 13.1 Å². The number of hydrogen-bond acceptors (Lipinski definition) is 2. The van der Waals surface area contributed by atoms with Gasteiger partial charge in [0, 0.05) is 24.2 Å². The predicted octanol–water partition coefficient (Wildman–Crippen LogP) is 3.16. The molecular formula is C16H19F2NO2. The molecule has 2 rings (SSSR count). The Kier molecular flexibility index (Phi) is 5.07. The summed E-state index contributed by atoms with van der Waals surface area (Å²) in [6, 6.07) is 3.41. The van der Waals surface area contributed by atoms with Crippen LogP contribution in [0, 0.1) is 17.6 Å². The number of carboxylic acids is 1. The van der Waals surface area contributed by atoms with E-state index in [9.17, 15) is 13.6 Å². The van der Waals surface area contributed by atoms with Gasteiger partial charge in [-0.1, -0.05) is 12.2 Å². The van der Waals surface area contributed by atoms with Gasteiger partial charge in [0.15, 0.2) is 0 Å². The standard InChI is InChI=1S/C16H19F2NO2/c1-11-14(16(20)21)5-3-9-19(11)8-2-4-12-6-7-13(17)10-15(12)18/h2,4,6-7,10-11,14H,3,5,8-9H2,1H3,(H,20,21)/b4-2+/t11-,14-/m1/s1. The fraction of sp³-hybridized carbons (Fsp3) is 0.438. The second-order valence-electron chi connectivity index (χ2n) is 5.39. The maximum atomic E-state index is 13.5. The Hall–Kier alpha value is -1.75. The van der Waals surface area contributed by atoms with Crippen molar-refractivity contribution in [2.45, 2.75) is 25.8 Å². The van der Waals surface area contributed by atoms with E-state index in [-0.39, 0.29) is 12.0 Å². The largest absolute Gasteiger partial charge is 0.481 e. The van der Waals surface area contributed by atoms with Gasteiger partial charge in [-0.3, -0.25) is 9.69 Å². The molecule has 1 aliphatic heterocycles. The Morgan fingerprint density at radius 1 is 1.48 bits per heavy atom. The van der Waals surface area contributed by atoms with Gasteiger partial charge in [0.05, 0.1) is 5.92 Å². The van der Waals surface area contributed by atoms with Crippen molar-refractivity contribution in [3.8, 4) is 0 Å². The highest BCUT2D eigenvalue weighted by molar-refractivity contribution is 5.71. The van der Waals surface area contributed by atoms with E-state index in [0.717, 1.165) is 19.0 Å². The van der Waals surface area contributed by atoms with Gasteiger partial charge >= 0.3 is 5.97 Å². The molecule has 1 N–H and O–H groups in total. The summed E-state index contributed by atoms with van der Waals surface area (Å²) in [5, 5.41) is 9.16. The van der Waals surface area contributed by atoms with E-state index >= 15 is 0 Å². The number of carbonyl (C=O) groups is 1. The summed E-state index contributed by atoms with van der Waals surface area (Å²) in [4.78, 5) is 13.2. The molecule has 0 aromatic heterocycles. The number of aliphatic carboxylic acids is 1. The number of likely N-dealkylation sites (tertiary alicyclic amines) is 1. The van der Waals surface area contributed by atoms with Crippen LogP contribution in [0.3, 0.4) is 0 Å². The van der Waals surface area contributed by atoms with Crippen LogP contribution < -0.4 is 0 Å². The van der Waals surface area contributed by atoms with Crippen LogP contribution in [-0.2, 0) is 4.79 Å². The normalized spacial score (nSPS) is 23.6. The van der Waals surface area contributed by atoms with Crippen molar-refractivity contribution in [1.82, 2.24) is 4.90 Å². The lowest BCUT2D eigenvalue weighted by atomic mass is 9.90. The van der Waals surface area contributed by atoms with E-state index in [4.69, 9.17) is 5.11 Å². The van der Waals surface area contributed by atoms with Crippen molar-refractivity contribution in [3.63, 3.8) is 0 Å². The molecule has 0 bridgehead atoms. The quantitative estimate of drug-likeness (QED) is 0.927. The van der Waals surface area contributed by atoms with E-state index in [0.29, 0.717) is 18.5 Å². The summed E-state index contributed by atoms with van der Waals surface area (Å²) in [5.74, 6) is -2.31. The topological polar surface area (TPSA) is 40.5 Å². The molecule has 0 radical (unpaired) electrons. The zero-order chi connectivity index (χ0) is 15.4. The Labute approximate surface area is 122 Å². The molecule has 3 nitrogen and oxygen atoms in total. The molecule has 1 heterocycles. The molecule has 1 aliphatic rings. The van der Waals surface area contributed by atoms with E-state index in [1.54, 1.807) is 12.2 Å². The minimum Gasteiger partial charge on any atom is -0.481 e. The van der Waals surface area contributed by atoms with Gasteiger partial charge in [0.25, 0.3) is 0 Å². The molecule has 21 heavy (non-hydrogen) atoms. The predicted molar refractivity (Wildman–Crippen MR) is 76.8 cm³/mol. The molecule has 0 amide bonds. The van der Waals surface area contributed by atoms with E-state index in [1.165, 1.54) is 12.1 Å². The van der Waals surface area contributed by atoms with Gasteiger partial charge in [-0.15, -0.1) is 0 Å². The van der Waals surface area contributed by atoms with Gasteiger partial charge in [-0.2, -0.15) is 0 Å². The number of benzene rings is 1. The Morgan fingerprint density at radius 3 is 2.90 bits per heavy atom. The summed E-state index contributed by atoms with van der Waals surface area (Å²) in [5.41, 5.74) is 0.329. The Morgan fingerprint density at radius 2 is 2.24 bits per heavy atom. The molecule has 0 aliphatic carbocycles. The minimum atomic E-state index is -0.763. The van der Waals surface area contributed by atoms with Crippen molar-refractivity contribution in [2.24, 2.45) is 5.92 Å². The summed E-state index contributed by atoms with van der Waals surface area (Å²) in [6.07, 6.45) is 4.94. The molecule has 5 heteroatoms. The average molecular weight is 295 g/mol. The SMILES string of the molecule is C[C@@H]1[C@H](C(=O)O)CCCN1C/C=C/c1ccc(F)cc1F. The van der Waals surface area contributed by atoms with Gasteiger partial charge in [-0.25, -0.2) is 8.78 Å². The van der Waals surface area contributed by atoms with Crippen LogP contribution >= 0.6 is 0 Å². The third-order valence-corrected chi connectivity index (χ3v) is 4.04. The molecule has 114 valence electrons. The first-order valence-electron chi connectivity index (χ1n) is 7.07. The lowest BCUT2D eigenvalue weighted by molar-refractivity contribution is -0.145. The third-order valence-electron chi connectivity index (χ3n) is 4.04. The van der Waals surface area contributed by atoms with Crippen LogP contribution in [0.25, 0.3) is 6.08 Å². The van der Waals surface area contributed by atoms with Crippen molar-refractivity contribution in [3.05, 3.63) is 41.5 Å². The molecule has 2 atom stereocenters. The van der Waals surface area contributed by atoms with Crippen LogP contribution in [0.4, 0.5) is 8.78 Å². The second kappa shape index (κ2) is 6.80. The van der Waals surface area contributed by atoms with Gasteiger partial charge in [-0.05, 0) is 38.4 Å². The first kappa shape index (κ1) is 15.6. The Bertz CT molecular complexity index is 545. The fourth-order valence-corrected chi connectivity index (χ4v) is 2.75. The highest BCUT2D eigenvalue weighted by Gasteiger charge is 2.31. The number of rotatable bonds is 4. The molecule has 1 saturated heterocycles.